The van der Waals surface area contributed by atoms with Gasteiger partial charge in [0.2, 0.25) is 0 Å². The first kappa shape index (κ1) is 7.80. The van der Waals surface area contributed by atoms with Crippen molar-refractivity contribution in [2.45, 2.75) is 26.3 Å². The zero-order chi connectivity index (χ0) is 8.27. The van der Waals surface area contributed by atoms with Gasteiger partial charge in [-0.1, -0.05) is 6.92 Å². The number of hydrogen-bond donors (Lipinski definition) is 0. The summed E-state index contributed by atoms with van der Waals surface area (Å²) in [5.74, 6) is 0.971. The minimum absolute atomic E-state index is 0.104. The summed E-state index contributed by atoms with van der Waals surface area (Å²) in [7, 11) is 0. The number of aromatic nitrogens is 2. The highest BCUT2D eigenvalue weighted by Crippen LogP contribution is 2.07. The molecule has 58 valence electrons. The Morgan fingerprint density at radius 3 is 3.09 bits per heavy atom. The molecule has 0 radical (unpaired) electrons. The van der Waals surface area contributed by atoms with Crippen LogP contribution >= 0.6 is 0 Å². The van der Waals surface area contributed by atoms with Crippen LogP contribution < -0.4 is 0 Å². The fraction of sp³-hybridized carbons (Fsp3) is 0.500. The van der Waals surface area contributed by atoms with Gasteiger partial charge >= 0.3 is 0 Å². The number of nitriles is 1. The first-order valence-corrected chi connectivity index (χ1v) is 3.71. The number of imidazole rings is 1. The van der Waals surface area contributed by atoms with Crippen LogP contribution in [0.3, 0.4) is 0 Å². The molecule has 1 aromatic rings. The Bertz CT molecular complexity index is 269. The van der Waals surface area contributed by atoms with Crippen LogP contribution in [-0.4, -0.2) is 9.55 Å². The summed E-state index contributed by atoms with van der Waals surface area (Å²) >= 11 is 0. The minimum atomic E-state index is -0.104. The van der Waals surface area contributed by atoms with Gasteiger partial charge < -0.3 is 4.57 Å². The van der Waals surface area contributed by atoms with Crippen LogP contribution in [0.4, 0.5) is 0 Å². The molecule has 0 saturated heterocycles. The fourth-order valence-corrected chi connectivity index (χ4v) is 1.03. The summed E-state index contributed by atoms with van der Waals surface area (Å²) < 4.78 is 1.89. The maximum Gasteiger partial charge on any atom is 0.119 e. The molecule has 0 bridgehead atoms. The molecular weight excluding hydrogens is 138 g/mol. The van der Waals surface area contributed by atoms with E-state index in [1.165, 1.54) is 0 Å². The molecule has 1 heterocycles. The van der Waals surface area contributed by atoms with E-state index in [0.29, 0.717) is 0 Å². The molecule has 0 fully saturated rings. The van der Waals surface area contributed by atoms with Crippen molar-refractivity contribution in [2.75, 3.05) is 0 Å². The summed E-state index contributed by atoms with van der Waals surface area (Å²) in [6.45, 7) is 3.89. The SMILES string of the molecule is CCc1nccn1[C@@H](C)C#N. The highest BCUT2D eigenvalue weighted by molar-refractivity contribution is 4.99. The van der Waals surface area contributed by atoms with Crippen molar-refractivity contribution in [2.24, 2.45) is 0 Å². The molecule has 0 aliphatic heterocycles. The lowest BCUT2D eigenvalue weighted by Gasteiger charge is -2.06. The van der Waals surface area contributed by atoms with E-state index in [0.717, 1.165) is 12.2 Å². The number of hydrogen-bond acceptors (Lipinski definition) is 2. The standard InChI is InChI=1S/C8H11N3/c1-3-8-10-4-5-11(8)7(2)6-9/h4-5,7H,3H2,1-2H3/t7-/m0/s1. The first-order chi connectivity index (χ1) is 5.29. The third-order valence-corrected chi connectivity index (χ3v) is 1.67. The second kappa shape index (κ2) is 3.20. The van der Waals surface area contributed by atoms with E-state index in [1.807, 2.05) is 24.6 Å². The van der Waals surface area contributed by atoms with Gasteiger partial charge in [0.15, 0.2) is 0 Å². The van der Waals surface area contributed by atoms with Crippen molar-refractivity contribution >= 4 is 0 Å². The summed E-state index contributed by atoms with van der Waals surface area (Å²) in [6.07, 6.45) is 4.44. The van der Waals surface area contributed by atoms with Gasteiger partial charge in [-0.05, 0) is 6.92 Å². The predicted molar refractivity (Wildman–Crippen MR) is 41.9 cm³/mol. The third-order valence-electron chi connectivity index (χ3n) is 1.67. The van der Waals surface area contributed by atoms with E-state index in [9.17, 15) is 0 Å². The highest BCUT2D eigenvalue weighted by atomic mass is 15.1. The second-order valence-electron chi connectivity index (χ2n) is 2.41. The molecule has 0 saturated carbocycles. The van der Waals surface area contributed by atoms with Crippen LogP contribution in [-0.2, 0) is 6.42 Å². The average Bonchev–Trinajstić information content (AvgIpc) is 2.50. The van der Waals surface area contributed by atoms with Crippen molar-refractivity contribution in [3.8, 4) is 6.07 Å². The number of rotatable bonds is 2. The summed E-state index contributed by atoms with van der Waals surface area (Å²) in [5.41, 5.74) is 0. The minimum Gasteiger partial charge on any atom is -0.319 e. The van der Waals surface area contributed by atoms with E-state index in [4.69, 9.17) is 5.26 Å². The lowest BCUT2D eigenvalue weighted by atomic mass is 10.3. The molecule has 0 aliphatic carbocycles. The Balaban J connectivity index is 2.94. The summed E-state index contributed by atoms with van der Waals surface area (Å²) in [6, 6.07) is 2.06. The van der Waals surface area contributed by atoms with Gasteiger partial charge in [0.25, 0.3) is 0 Å². The molecule has 0 unspecified atom stereocenters. The van der Waals surface area contributed by atoms with Crippen molar-refractivity contribution in [1.29, 1.82) is 5.26 Å². The van der Waals surface area contributed by atoms with E-state index in [2.05, 4.69) is 11.1 Å². The van der Waals surface area contributed by atoms with Gasteiger partial charge in [0.05, 0.1) is 6.07 Å². The zero-order valence-electron chi connectivity index (χ0n) is 6.78. The average molecular weight is 149 g/mol. The van der Waals surface area contributed by atoms with Crippen LogP contribution in [0.25, 0.3) is 0 Å². The van der Waals surface area contributed by atoms with E-state index >= 15 is 0 Å². The lowest BCUT2D eigenvalue weighted by molar-refractivity contribution is 0.634. The molecule has 0 amide bonds. The highest BCUT2D eigenvalue weighted by Gasteiger charge is 2.05. The van der Waals surface area contributed by atoms with E-state index < -0.39 is 0 Å². The van der Waals surface area contributed by atoms with Gasteiger partial charge in [0, 0.05) is 18.8 Å². The molecule has 0 spiro atoms. The molecule has 0 aliphatic rings. The number of aryl methyl sites for hydroxylation is 1. The van der Waals surface area contributed by atoms with Crippen LogP contribution in [0.5, 0.6) is 0 Å². The Morgan fingerprint density at radius 1 is 1.82 bits per heavy atom. The first-order valence-electron chi connectivity index (χ1n) is 3.71. The van der Waals surface area contributed by atoms with Crippen molar-refractivity contribution < 1.29 is 0 Å². The van der Waals surface area contributed by atoms with Crippen molar-refractivity contribution in [1.82, 2.24) is 9.55 Å². The maximum absolute atomic E-state index is 8.63. The predicted octanol–water partition coefficient (Wildman–Crippen LogP) is 1.53. The number of nitrogens with zero attached hydrogens (tertiary/aromatic N) is 3. The monoisotopic (exact) mass is 149 g/mol. The van der Waals surface area contributed by atoms with E-state index in [1.54, 1.807) is 6.20 Å². The quantitative estimate of drug-likeness (QED) is 0.639. The lowest BCUT2D eigenvalue weighted by Crippen LogP contribution is -2.05. The molecule has 1 rings (SSSR count). The van der Waals surface area contributed by atoms with Crippen LogP contribution in [0.2, 0.25) is 0 Å². The molecule has 3 nitrogen and oxygen atoms in total. The van der Waals surface area contributed by atoms with Crippen molar-refractivity contribution in [3.63, 3.8) is 0 Å². The zero-order valence-corrected chi connectivity index (χ0v) is 6.78. The molecule has 0 aromatic carbocycles. The Morgan fingerprint density at radius 2 is 2.55 bits per heavy atom. The third kappa shape index (κ3) is 1.40. The Hall–Kier alpha value is -1.30. The van der Waals surface area contributed by atoms with Gasteiger partial charge in [-0.3, -0.25) is 0 Å². The molecule has 1 aromatic heterocycles. The molecule has 1 atom stereocenters. The molecule has 11 heavy (non-hydrogen) atoms. The van der Waals surface area contributed by atoms with Crippen LogP contribution in [0.1, 0.15) is 25.7 Å². The largest absolute Gasteiger partial charge is 0.319 e. The fourth-order valence-electron chi connectivity index (χ4n) is 1.03. The second-order valence-corrected chi connectivity index (χ2v) is 2.41. The smallest absolute Gasteiger partial charge is 0.119 e. The van der Waals surface area contributed by atoms with Gasteiger partial charge in [-0.2, -0.15) is 5.26 Å². The van der Waals surface area contributed by atoms with Gasteiger partial charge in [-0.15, -0.1) is 0 Å². The van der Waals surface area contributed by atoms with Crippen LogP contribution in [0.15, 0.2) is 12.4 Å². The van der Waals surface area contributed by atoms with Gasteiger partial charge in [0.1, 0.15) is 11.9 Å². The van der Waals surface area contributed by atoms with Crippen LogP contribution in [0, 0.1) is 11.3 Å². The Labute approximate surface area is 66.3 Å². The van der Waals surface area contributed by atoms with Crippen molar-refractivity contribution in [3.05, 3.63) is 18.2 Å². The van der Waals surface area contributed by atoms with E-state index in [-0.39, 0.29) is 6.04 Å². The Kier molecular flexibility index (Phi) is 2.27. The normalized spacial score (nSPS) is 12.5. The molecule has 0 N–H and O–H groups in total. The summed E-state index contributed by atoms with van der Waals surface area (Å²) in [4.78, 5) is 4.12. The maximum atomic E-state index is 8.63. The molecular formula is C8H11N3. The van der Waals surface area contributed by atoms with Gasteiger partial charge in [-0.25, -0.2) is 4.98 Å². The topological polar surface area (TPSA) is 41.6 Å². The molecule has 3 heteroatoms. The summed E-state index contributed by atoms with van der Waals surface area (Å²) in [5, 5.41) is 8.63.